The first-order valence-corrected chi connectivity index (χ1v) is 14.4. The van der Waals surface area contributed by atoms with Crippen molar-refractivity contribution < 1.29 is 33.0 Å². The maximum Gasteiger partial charge on any atom is 0.415 e. The van der Waals surface area contributed by atoms with Crippen LogP contribution in [0.2, 0.25) is 0 Å². The lowest BCUT2D eigenvalue weighted by atomic mass is 9.88. The Morgan fingerprint density at radius 2 is 1.72 bits per heavy atom. The van der Waals surface area contributed by atoms with Gasteiger partial charge < -0.3 is 38.5 Å². The summed E-state index contributed by atoms with van der Waals surface area (Å²) < 4.78 is 28.0. The van der Waals surface area contributed by atoms with E-state index >= 15 is 0 Å². The number of amides is 2. The highest BCUT2D eigenvalue weighted by atomic mass is 16.6. The van der Waals surface area contributed by atoms with Gasteiger partial charge in [0.25, 0.3) is 0 Å². The quantitative estimate of drug-likeness (QED) is 0.371. The highest BCUT2D eigenvalue weighted by molar-refractivity contribution is 5.90. The fourth-order valence-corrected chi connectivity index (χ4v) is 5.74. The van der Waals surface area contributed by atoms with Gasteiger partial charge >= 0.3 is 6.09 Å². The van der Waals surface area contributed by atoms with Crippen LogP contribution in [0.25, 0.3) is 11.6 Å². The predicted molar refractivity (Wildman–Crippen MR) is 163 cm³/mol. The van der Waals surface area contributed by atoms with Gasteiger partial charge in [-0.05, 0) is 77.5 Å². The Balaban J connectivity index is 1.42. The van der Waals surface area contributed by atoms with E-state index in [2.05, 4.69) is 23.2 Å². The van der Waals surface area contributed by atoms with Crippen LogP contribution >= 0.6 is 0 Å². The topological polar surface area (TPSA) is 103 Å². The number of hydrogen-bond donors (Lipinski definition) is 1. The Hall–Kier alpha value is -4.44. The van der Waals surface area contributed by atoms with Gasteiger partial charge in [0.15, 0.2) is 11.5 Å². The third-order valence-electron chi connectivity index (χ3n) is 8.26. The Morgan fingerprint density at radius 3 is 2.35 bits per heavy atom. The van der Waals surface area contributed by atoms with Crippen molar-refractivity contribution in [3.8, 4) is 23.0 Å². The van der Waals surface area contributed by atoms with E-state index < -0.39 is 6.09 Å². The molecule has 3 aromatic rings. The number of likely N-dealkylation sites (N-methyl/N-ethyl adjacent to an activating group) is 1. The van der Waals surface area contributed by atoms with Crippen molar-refractivity contribution in [3.63, 3.8) is 0 Å². The molecule has 0 saturated carbocycles. The summed E-state index contributed by atoms with van der Waals surface area (Å²) in [4.78, 5) is 29.8. The fourth-order valence-electron chi connectivity index (χ4n) is 5.74. The van der Waals surface area contributed by atoms with Crippen LogP contribution in [0.3, 0.4) is 0 Å². The van der Waals surface area contributed by atoms with Crippen LogP contribution in [0, 0.1) is 5.92 Å². The molecule has 43 heavy (non-hydrogen) atoms. The average molecular weight is 590 g/mol. The molecule has 1 fully saturated rings. The minimum absolute atomic E-state index is 0.0307. The number of hydrogen-bond acceptors (Lipinski definition) is 8. The first kappa shape index (κ1) is 30.0. The summed E-state index contributed by atoms with van der Waals surface area (Å²) >= 11 is 0. The molecule has 2 aromatic carbocycles. The molecule has 10 heteroatoms. The molecule has 2 heterocycles. The van der Waals surface area contributed by atoms with Crippen LogP contribution in [0.15, 0.2) is 53.1 Å². The lowest BCUT2D eigenvalue weighted by molar-refractivity contribution is -0.121. The lowest BCUT2D eigenvalue weighted by Gasteiger charge is -2.31. The monoisotopic (exact) mass is 589 g/mol. The largest absolute Gasteiger partial charge is 0.497 e. The SMILES string of the molecule is COc1ccc2c(c1)C(CC(=O)NCc1ccco1)C(C)/C2=C/c1cc(OC)c(OC(=O)N2CCN(C)CC2)c(OC)c1. The number of methoxy groups -OCH3 is 3. The predicted octanol–water partition coefficient (Wildman–Crippen LogP) is 5.03. The summed E-state index contributed by atoms with van der Waals surface area (Å²) in [5.74, 6) is 2.39. The molecule has 0 radical (unpaired) electrons. The van der Waals surface area contributed by atoms with E-state index in [0.29, 0.717) is 43.3 Å². The zero-order valence-corrected chi connectivity index (χ0v) is 25.3. The molecule has 10 nitrogen and oxygen atoms in total. The summed E-state index contributed by atoms with van der Waals surface area (Å²) in [7, 11) is 6.74. The molecule has 2 aliphatic rings. The Bertz CT molecular complexity index is 1450. The number of furan rings is 1. The van der Waals surface area contributed by atoms with E-state index in [-0.39, 0.29) is 23.5 Å². The fraction of sp³-hybridized carbons (Fsp3) is 0.394. The molecule has 1 aromatic heterocycles. The van der Waals surface area contributed by atoms with Gasteiger partial charge in [-0.25, -0.2) is 4.79 Å². The van der Waals surface area contributed by atoms with E-state index in [1.165, 1.54) is 14.2 Å². The van der Waals surface area contributed by atoms with E-state index in [9.17, 15) is 9.59 Å². The molecule has 5 rings (SSSR count). The first-order chi connectivity index (χ1) is 20.8. The van der Waals surface area contributed by atoms with Crippen molar-refractivity contribution in [2.24, 2.45) is 5.92 Å². The molecule has 1 aliphatic carbocycles. The van der Waals surface area contributed by atoms with Crippen LogP contribution in [0.1, 0.15) is 41.7 Å². The van der Waals surface area contributed by atoms with Gasteiger partial charge in [0.1, 0.15) is 11.5 Å². The Labute approximate surface area is 252 Å². The van der Waals surface area contributed by atoms with Gasteiger partial charge in [-0.3, -0.25) is 4.79 Å². The molecule has 0 spiro atoms. The number of nitrogens with one attached hydrogen (secondary N) is 1. The second-order valence-corrected chi connectivity index (χ2v) is 10.9. The number of nitrogens with zero attached hydrogens (tertiary/aromatic N) is 2. The molecule has 1 aliphatic heterocycles. The van der Waals surface area contributed by atoms with Gasteiger partial charge in [-0.2, -0.15) is 0 Å². The smallest absolute Gasteiger partial charge is 0.415 e. The van der Waals surface area contributed by atoms with Crippen molar-refractivity contribution in [2.45, 2.75) is 25.8 Å². The molecule has 2 atom stereocenters. The zero-order valence-electron chi connectivity index (χ0n) is 25.3. The van der Waals surface area contributed by atoms with E-state index in [4.69, 9.17) is 23.4 Å². The summed E-state index contributed by atoms with van der Waals surface area (Å²) in [6, 6.07) is 13.3. The molecular weight excluding hydrogens is 550 g/mol. The number of ether oxygens (including phenoxy) is 4. The molecule has 228 valence electrons. The van der Waals surface area contributed by atoms with Crippen molar-refractivity contribution in [1.82, 2.24) is 15.1 Å². The third kappa shape index (κ3) is 6.64. The summed E-state index contributed by atoms with van der Waals surface area (Å²) in [5, 5.41) is 2.97. The number of benzene rings is 2. The number of carbonyl (C=O) groups excluding carboxylic acids is 2. The van der Waals surface area contributed by atoms with Gasteiger partial charge in [0.2, 0.25) is 11.7 Å². The molecule has 1 N–H and O–H groups in total. The second kappa shape index (κ2) is 13.2. The van der Waals surface area contributed by atoms with E-state index in [1.807, 2.05) is 43.4 Å². The highest BCUT2D eigenvalue weighted by Gasteiger charge is 2.35. The minimum atomic E-state index is -0.434. The lowest BCUT2D eigenvalue weighted by Crippen LogP contribution is -2.48. The molecule has 2 amide bonds. The van der Waals surface area contributed by atoms with Crippen molar-refractivity contribution in [1.29, 1.82) is 0 Å². The van der Waals surface area contributed by atoms with Crippen molar-refractivity contribution in [2.75, 3.05) is 54.6 Å². The Kier molecular flexibility index (Phi) is 9.25. The van der Waals surface area contributed by atoms with Crippen molar-refractivity contribution in [3.05, 3.63) is 71.2 Å². The van der Waals surface area contributed by atoms with Gasteiger partial charge in [0, 0.05) is 32.6 Å². The molecule has 1 saturated heterocycles. The van der Waals surface area contributed by atoms with Gasteiger partial charge in [-0.15, -0.1) is 0 Å². The number of allylic oxidation sites excluding steroid dienone is 1. The number of carbonyl (C=O) groups is 2. The molecular formula is C33H39N3O7. The van der Waals surface area contributed by atoms with Crippen molar-refractivity contribution >= 4 is 23.6 Å². The van der Waals surface area contributed by atoms with Crippen LogP contribution in [0.4, 0.5) is 4.79 Å². The second-order valence-electron chi connectivity index (χ2n) is 10.9. The minimum Gasteiger partial charge on any atom is -0.497 e. The average Bonchev–Trinajstić information content (AvgIpc) is 3.63. The number of piperazine rings is 1. The standard InChI is InChI=1S/C33H39N3O7/c1-21-26(25-9-8-23(39-3)18-28(25)27(21)19-31(37)34-20-24-7-6-14-42-24)15-22-16-29(40-4)32(30(17-22)41-5)43-33(38)36-12-10-35(2)11-13-36/h6-9,14-18,21,27H,10-13,19-20H2,1-5H3,(H,34,37)/b26-15-. The molecule has 0 bridgehead atoms. The maximum absolute atomic E-state index is 13.0. The van der Waals surface area contributed by atoms with Gasteiger partial charge in [-0.1, -0.05) is 19.1 Å². The summed E-state index contributed by atoms with van der Waals surface area (Å²) in [6.45, 7) is 5.22. The zero-order chi connectivity index (χ0) is 30.5. The first-order valence-electron chi connectivity index (χ1n) is 14.4. The maximum atomic E-state index is 13.0. The highest BCUT2D eigenvalue weighted by Crippen LogP contribution is 2.50. The van der Waals surface area contributed by atoms with Gasteiger partial charge in [0.05, 0.1) is 34.1 Å². The molecule has 2 unspecified atom stereocenters. The Morgan fingerprint density at radius 1 is 1.00 bits per heavy atom. The number of rotatable bonds is 9. The summed E-state index contributed by atoms with van der Waals surface area (Å²) in [6.07, 6.45) is 3.55. The van der Waals surface area contributed by atoms with Crippen LogP contribution < -0.4 is 24.3 Å². The van der Waals surface area contributed by atoms with Crippen LogP contribution in [-0.2, 0) is 11.3 Å². The number of fused-ring (bicyclic) bond motifs is 1. The van der Waals surface area contributed by atoms with E-state index in [0.717, 1.165) is 41.1 Å². The third-order valence-corrected chi connectivity index (χ3v) is 8.26. The summed E-state index contributed by atoms with van der Waals surface area (Å²) in [5.41, 5.74) is 4.01. The normalized spacial score (nSPS) is 19.2. The van der Waals surface area contributed by atoms with Crippen LogP contribution in [0.5, 0.6) is 23.0 Å². The van der Waals surface area contributed by atoms with E-state index in [1.54, 1.807) is 24.3 Å². The van der Waals surface area contributed by atoms with Crippen LogP contribution in [-0.4, -0.2) is 76.4 Å².